The Morgan fingerprint density at radius 3 is 2.49 bits per heavy atom. The fraction of sp³-hybridized carbons (Fsp3) is 0.120. The van der Waals surface area contributed by atoms with Crippen LogP contribution in [0.5, 0.6) is 5.75 Å². The van der Waals surface area contributed by atoms with Crippen molar-refractivity contribution in [1.82, 2.24) is 5.43 Å². The van der Waals surface area contributed by atoms with Crippen molar-refractivity contribution in [2.45, 2.75) is 13.3 Å². The van der Waals surface area contributed by atoms with Crippen LogP contribution in [-0.4, -0.2) is 30.5 Å². The van der Waals surface area contributed by atoms with Gasteiger partial charge in [0.2, 0.25) is 0 Å². The quantitative estimate of drug-likeness (QED) is 0.231. The van der Waals surface area contributed by atoms with E-state index in [2.05, 4.69) is 21.2 Å². The number of hydrogen-bond donors (Lipinski definition) is 3. The molecule has 0 saturated heterocycles. The van der Waals surface area contributed by atoms with Crippen LogP contribution < -0.4 is 20.8 Å². The molecule has 180 valence electrons. The van der Waals surface area contributed by atoms with Crippen LogP contribution in [0, 0.1) is 0 Å². The summed E-state index contributed by atoms with van der Waals surface area (Å²) in [6.07, 6.45) is 2.07. The molecule has 0 atom stereocenters. The van der Waals surface area contributed by atoms with Gasteiger partial charge in [-0.1, -0.05) is 60.5 Å². The molecule has 0 bridgehead atoms. The van der Waals surface area contributed by atoms with E-state index in [4.69, 9.17) is 27.9 Å². The number of carbonyl (C=O) groups excluding carboxylic acids is 3. The molecular weight excluding hydrogens is 491 g/mol. The SMILES string of the molecule is CCc1ccccc1NC(=O)C(=O)N/N=C\c1cccc(OCC(=O)Nc2ccc(Cl)c(Cl)c2)c1. The molecule has 0 unspecified atom stereocenters. The number of halogens is 2. The van der Waals surface area contributed by atoms with Crippen LogP contribution >= 0.6 is 23.2 Å². The third-order valence-electron chi connectivity index (χ3n) is 4.66. The van der Waals surface area contributed by atoms with Crippen LogP contribution in [0.25, 0.3) is 0 Å². The molecule has 3 aromatic carbocycles. The second-order valence-electron chi connectivity index (χ2n) is 7.20. The van der Waals surface area contributed by atoms with E-state index in [0.717, 1.165) is 5.56 Å². The lowest BCUT2D eigenvalue weighted by Crippen LogP contribution is -2.32. The maximum atomic E-state index is 12.1. The first-order valence-electron chi connectivity index (χ1n) is 10.6. The molecule has 3 N–H and O–H groups in total. The van der Waals surface area contributed by atoms with Crippen LogP contribution in [0.4, 0.5) is 11.4 Å². The van der Waals surface area contributed by atoms with Gasteiger partial charge in [0, 0.05) is 11.4 Å². The number of anilines is 2. The van der Waals surface area contributed by atoms with E-state index in [1.807, 2.05) is 19.1 Å². The number of hydrogen-bond acceptors (Lipinski definition) is 5. The Morgan fingerprint density at radius 2 is 1.71 bits per heavy atom. The average molecular weight is 513 g/mol. The van der Waals surface area contributed by atoms with Crippen LogP contribution in [0.3, 0.4) is 0 Å². The number of benzene rings is 3. The van der Waals surface area contributed by atoms with Gasteiger partial charge in [0.25, 0.3) is 5.91 Å². The Hall–Kier alpha value is -3.88. The molecule has 35 heavy (non-hydrogen) atoms. The second-order valence-corrected chi connectivity index (χ2v) is 8.02. The lowest BCUT2D eigenvalue weighted by molar-refractivity contribution is -0.136. The smallest absolute Gasteiger partial charge is 0.329 e. The monoisotopic (exact) mass is 512 g/mol. The summed E-state index contributed by atoms with van der Waals surface area (Å²) in [5, 5.41) is 9.76. The van der Waals surface area contributed by atoms with Crippen molar-refractivity contribution in [1.29, 1.82) is 0 Å². The van der Waals surface area contributed by atoms with Crippen LogP contribution in [0.2, 0.25) is 10.0 Å². The number of ether oxygens (including phenoxy) is 1. The molecule has 0 radical (unpaired) electrons. The number of rotatable bonds is 8. The Kier molecular flexibility index (Phi) is 9.23. The van der Waals surface area contributed by atoms with Crippen molar-refractivity contribution < 1.29 is 19.1 Å². The Morgan fingerprint density at radius 1 is 0.914 bits per heavy atom. The zero-order chi connectivity index (χ0) is 25.2. The van der Waals surface area contributed by atoms with Gasteiger partial charge in [-0.25, -0.2) is 5.43 Å². The Balaban J connectivity index is 1.49. The number of nitrogens with one attached hydrogen (secondary N) is 3. The predicted octanol–water partition coefficient (Wildman–Crippen LogP) is 4.66. The van der Waals surface area contributed by atoms with E-state index in [1.165, 1.54) is 12.3 Å². The van der Waals surface area contributed by atoms with Crippen molar-refractivity contribution in [3.8, 4) is 5.75 Å². The summed E-state index contributed by atoms with van der Waals surface area (Å²) in [4.78, 5) is 36.3. The number of hydrazone groups is 1. The highest BCUT2D eigenvalue weighted by atomic mass is 35.5. The number of nitrogens with zero attached hydrogens (tertiary/aromatic N) is 1. The number of amides is 3. The van der Waals surface area contributed by atoms with Gasteiger partial charge in [-0.15, -0.1) is 0 Å². The largest absolute Gasteiger partial charge is 0.484 e. The van der Waals surface area contributed by atoms with Crippen molar-refractivity contribution >= 4 is 58.5 Å². The molecule has 8 nitrogen and oxygen atoms in total. The standard InChI is InChI=1S/C25H22Cl2N4O4/c1-2-17-7-3-4-9-22(17)30-24(33)25(34)31-28-14-16-6-5-8-19(12-16)35-15-23(32)29-18-10-11-20(26)21(27)13-18/h3-14H,2,15H2,1H3,(H,29,32)(H,30,33)(H,31,34)/b28-14-. The summed E-state index contributed by atoms with van der Waals surface area (Å²) in [6, 6.07) is 18.7. The van der Waals surface area contributed by atoms with E-state index >= 15 is 0 Å². The summed E-state index contributed by atoms with van der Waals surface area (Å²) in [5.41, 5.74) is 4.76. The second kappa shape index (κ2) is 12.5. The molecule has 0 fully saturated rings. The molecule has 0 aromatic heterocycles. The molecule has 3 aromatic rings. The molecule has 10 heteroatoms. The van der Waals surface area contributed by atoms with E-state index < -0.39 is 11.8 Å². The maximum absolute atomic E-state index is 12.1. The highest BCUT2D eigenvalue weighted by molar-refractivity contribution is 6.42. The molecule has 3 amide bonds. The molecule has 0 spiro atoms. The van der Waals surface area contributed by atoms with Gasteiger partial charge in [0.05, 0.1) is 16.3 Å². The summed E-state index contributed by atoms with van der Waals surface area (Å²) in [5.74, 6) is -1.70. The summed E-state index contributed by atoms with van der Waals surface area (Å²) < 4.78 is 5.50. The minimum Gasteiger partial charge on any atom is -0.484 e. The molecule has 0 heterocycles. The summed E-state index contributed by atoms with van der Waals surface area (Å²) >= 11 is 11.8. The zero-order valence-corrected chi connectivity index (χ0v) is 20.2. The molecule has 0 saturated carbocycles. The first kappa shape index (κ1) is 25.7. The first-order valence-corrected chi connectivity index (χ1v) is 11.3. The molecular formula is C25H22Cl2N4O4. The fourth-order valence-electron chi connectivity index (χ4n) is 2.95. The highest BCUT2D eigenvalue weighted by Gasteiger charge is 2.14. The summed E-state index contributed by atoms with van der Waals surface area (Å²) in [6.45, 7) is 1.71. The number of carbonyl (C=O) groups is 3. The third kappa shape index (κ3) is 7.84. The average Bonchev–Trinajstić information content (AvgIpc) is 2.85. The fourth-order valence-corrected chi connectivity index (χ4v) is 3.25. The van der Waals surface area contributed by atoms with E-state index in [-0.39, 0.29) is 12.5 Å². The lowest BCUT2D eigenvalue weighted by Gasteiger charge is -2.09. The van der Waals surface area contributed by atoms with Gasteiger partial charge >= 0.3 is 11.8 Å². The van der Waals surface area contributed by atoms with Crippen molar-refractivity contribution in [3.05, 3.63) is 87.9 Å². The Bertz CT molecular complexity index is 1260. The van der Waals surface area contributed by atoms with Crippen LogP contribution in [0.15, 0.2) is 71.8 Å². The van der Waals surface area contributed by atoms with Crippen molar-refractivity contribution in [2.75, 3.05) is 17.2 Å². The number of para-hydroxylation sites is 1. The minimum atomic E-state index is -0.904. The molecule has 3 rings (SSSR count). The van der Waals surface area contributed by atoms with Crippen LogP contribution in [-0.2, 0) is 20.8 Å². The first-order chi connectivity index (χ1) is 16.9. The van der Waals surface area contributed by atoms with Gasteiger partial charge in [-0.3, -0.25) is 14.4 Å². The highest BCUT2D eigenvalue weighted by Crippen LogP contribution is 2.25. The lowest BCUT2D eigenvalue weighted by atomic mass is 10.1. The van der Waals surface area contributed by atoms with Crippen LogP contribution in [0.1, 0.15) is 18.1 Å². The number of aryl methyl sites for hydroxylation is 1. The van der Waals surface area contributed by atoms with E-state index in [1.54, 1.807) is 48.5 Å². The van der Waals surface area contributed by atoms with E-state index in [0.29, 0.717) is 39.2 Å². The minimum absolute atomic E-state index is 0.239. The molecule has 0 aliphatic rings. The normalized spacial score (nSPS) is 10.6. The van der Waals surface area contributed by atoms with E-state index in [9.17, 15) is 14.4 Å². The molecule has 0 aliphatic heterocycles. The maximum Gasteiger partial charge on any atom is 0.329 e. The molecule has 0 aliphatic carbocycles. The van der Waals surface area contributed by atoms with Gasteiger partial charge in [0.1, 0.15) is 5.75 Å². The topological polar surface area (TPSA) is 109 Å². The van der Waals surface area contributed by atoms with Gasteiger partial charge in [0.15, 0.2) is 6.61 Å². The van der Waals surface area contributed by atoms with Crippen molar-refractivity contribution in [2.24, 2.45) is 5.10 Å². The predicted molar refractivity (Wildman–Crippen MR) is 137 cm³/mol. The van der Waals surface area contributed by atoms with Gasteiger partial charge < -0.3 is 15.4 Å². The zero-order valence-electron chi connectivity index (χ0n) is 18.7. The van der Waals surface area contributed by atoms with Gasteiger partial charge in [-0.05, 0) is 53.9 Å². The third-order valence-corrected chi connectivity index (χ3v) is 5.40. The summed E-state index contributed by atoms with van der Waals surface area (Å²) in [7, 11) is 0. The van der Waals surface area contributed by atoms with Gasteiger partial charge in [-0.2, -0.15) is 5.10 Å². The van der Waals surface area contributed by atoms with Crippen molar-refractivity contribution in [3.63, 3.8) is 0 Å². The Labute approximate surface area is 212 Å².